The highest BCUT2D eigenvalue weighted by Gasteiger charge is 2.07. The fourth-order valence-corrected chi connectivity index (χ4v) is 2.04. The van der Waals surface area contributed by atoms with Gasteiger partial charge in [0, 0.05) is 6.20 Å². The number of fused-ring (bicyclic) bond motifs is 1. The molecule has 0 fully saturated rings. The number of aromatic nitrogens is 1. The van der Waals surface area contributed by atoms with E-state index in [1.165, 1.54) is 17.3 Å². The van der Waals surface area contributed by atoms with Crippen molar-refractivity contribution in [2.75, 3.05) is 11.0 Å². The van der Waals surface area contributed by atoms with Gasteiger partial charge in [-0.25, -0.2) is 13.4 Å². The second-order valence-electron chi connectivity index (χ2n) is 4.00. The molecule has 1 aromatic heterocycles. The van der Waals surface area contributed by atoms with Gasteiger partial charge in [0.2, 0.25) is 10.0 Å². The van der Waals surface area contributed by atoms with Crippen LogP contribution in [0.4, 0.5) is 5.69 Å². The van der Waals surface area contributed by atoms with Crippen molar-refractivity contribution in [3.8, 4) is 23.5 Å². The number of pyridine rings is 1. The Morgan fingerprint density at radius 2 is 1.89 bits per heavy atom. The van der Waals surface area contributed by atoms with Crippen molar-refractivity contribution in [3.05, 3.63) is 48.3 Å². The molecule has 0 bridgehead atoms. The molecule has 0 aromatic carbocycles. The number of benzene rings is 1. The number of terminal acetylenes is 1. The highest BCUT2D eigenvalue weighted by Crippen LogP contribution is 2.32. The number of anilines is 1. The van der Waals surface area contributed by atoms with Crippen LogP contribution in [0.3, 0.4) is 0 Å². The number of hydrogen-bond acceptors (Lipinski definition) is 3. The minimum Gasteiger partial charge on any atom is -0.281 e. The summed E-state index contributed by atoms with van der Waals surface area (Å²) in [4.78, 5) is 3.82. The molecule has 0 saturated heterocycles. The summed E-state index contributed by atoms with van der Waals surface area (Å²) in [5.41, 5.74) is 3.46. The highest BCUT2D eigenvalue weighted by molar-refractivity contribution is 7.92. The summed E-state index contributed by atoms with van der Waals surface area (Å²) in [5, 5.41) is 0. The van der Waals surface area contributed by atoms with Crippen molar-refractivity contribution in [1.82, 2.24) is 4.98 Å². The van der Waals surface area contributed by atoms with Crippen LogP contribution < -0.4 is 4.72 Å². The van der Waals surface area contributed by atoms with Gasteiger partial charge in [-0.3, -0.25) is 4.72 Å². The molecule has 0 unspecified atom stereocenters. The molecule has 1 aromatic rings. The molecule has 2 aliphatic rings. The zero-order valence-electron chi connectivity index (χ0n) is 10.3. The van der Waals surface area contributed by atoms with E-state index in [0.29, 0.717) is 5.69 Å². The Kier molecular flexibility index (Phi) is 3.54. The van der Waals surface area contributed by atoms with Crippen molar-refractivity contribution < 1.29 is 8.42 Å². The molecule has 19 heavy (non-hydrogen) atoms. The fraction of sp³-hybridized carbons (Fsp3) is 0.0714. The number of sulfonamides is 1. The first-order valence-corrected chi connectivity index (χ1v) is 7.38. The van der Waals surface area contributed by atoms with Crippen molar-refractivity contribution >= 4 is 15.7 Å². The van der Waals surface area contributed by atoms with Gasteiger partial charge < -0.3 is 0 Å². The maximum atomic E-state index is 10.9. The lowest BCUT2D eigenvalue weighted by atomic mass is 10.3. The molecule has 1 heterocycles. The third kappa shape index (κ3) is 3.83. The van der Waals surface area contributed by atoms with E-state index in [-0.39, 0.29) is 5.69 Å². The third-order valence-corrected chi connectivity index (χ3v) is 2.94. The van der Waals surface area contributed by atoms with Crippen LogP contribution in [0.15, 0.2) is 42.6 Å². The maximum absolute atomic E-state index is 10.9. The Morgan fingerprint density at radius 3 is 2.32 bits per heavy atom. The minimum absolute atomic E-state index is 0.285. The van der Waals surface area contributed by atoms with Crippen LogP contribution >= 0.6 is 0 Å². The number of nitrogens with zero attached hydrogens (tertiary/aromatic N) is 1. The summed E-state index contributed by atoms with van der Waals surface area (Å²) in [6, 6.07) is 11.6. The second-order valence-corrected chi connectivity index (χ2v) is 5.75. The second kappa shape index (κ2) is 5.12. The van der Waals surface area contributed by atoms with Gasteiger partial charge in [-0.1, -0.05) is 18.2 Å². The molecule has 1 N–H and O–H groups in total. The van der Waals surface area contributed by atoms with Crippen molar-refractivity contribution in [2.24, 2.45) is 0 Å². The van der Waals surface area contributed by atoms with E-state index in [2.05, 4.69) is 39.9 Å². The molecular weight excluding hydrogens is 260 g/mol. The molecule has 96 valence electrons. The van der Waals surface area contributed by atoms with Gasteiger partial charge in [-0.05, 0) is 35.2 Å². The van der Waals surface area contributed by atoms with Crippen LogP contribution in [0.1, 0.15) is 5.69 Å². The number of nitrogens with one attached hydrogen (secondary N) is 1. The Labute approximate surface area is 112 Å². The smallest absolute Gasteiger partial charge is 0.229 e. The van der Waals surface area contributed by atoms with Gasteiger partial charge in [-0.15, -0.1) is 6.42 Å². The predicted molar refractivity (Wildman–Crippen MR) is 76.1 cm³/mol. The Hall–Kier alpha value is -2.32. The zero-order valence-corrected chi connectivity index (χ0v) is 11.1. The lowest BCUT2D eigenvalue weighted by Gasteiger charge is -2.04. The zero-order chi connectivity index (χ0) is 13.9. The van der Waals surface area contributed by atoms with Gasteiger partial charge >= 0.3 is 0 Å². The molecule has 0 atom stereocenters. The van der Waals surface area contributed by atoms with Gasteiger partial charge in [0.25, 0.3) is 0 Å². The van der Waals surface area contributed by atoms with E-state index < -0.39 is 10.0 Å². The minimum atomic E-state index is -3.30. The Morgan fingerprint density at radius 1 is 1.21 bits per heavy atom. The standard InChI is InChI=1S/C8H8N2O2S.C6H4/c1-3-7-8(5-4-6-9-7)10-13(2,11)12;1-2-5-4-6(5)3-1/h1,4-6,10H,2H3;1-4H. The van der Waals surface area contributed by atoms with Crippen molar-refractivity contribution in [2.45, 2.75) is 0 Å². The largest absolute Gasteiger partial charge is 0.281 e. The first-order valence-electron chi connectivity index (χ1n) is 5.49. The van der Waals surface area contributed by atoms with E-state index in [9.17, 15) is 8.42 Å². The molecule has 0 spiro atoms. The summed E-state index contributed by atoms with van der Waals surface area (Å²) >= 11 is 0. The van der Waals surface area contributed by atoms with Gasteiger partial charge in [0.05, 0.1) is 11.9 Å². The lowest BCUT2D eigenvalue weighted by Crippen LogP contribution is -2.11. The molecule has 5 heteroatoms. The quantitative estimate of drug-likeness (QED) is 0.727. The molecule has 0 radical (unpaired) electrons. The van der Waals surface area contributed by atoms with Gasteiger partial charge in [-0.2, -0.15) is 0 Å². The van der Waals surface area contributed by atoms with Crippen LogP contribution in [0, 0.1) is 12.3 Å². The van der Waals surface area contributed by atoms with Gasteiger partial charge in [0.15, 0.2) is 0 Å². The molecule has 2 aliphatic carbocycles. The molecule has 0 saturated carbocycles. The molecule has 0 amide bonds. The summed E-state index contributed by atoms with van der Waals surface area (Å²) in [6.07, 6.45) is 7.68. The third-order valence-electron chi connectivity index (χ3n) is 2.35. The van der Waals surface area contributed by atoms with E-state index in [1.54, 1.807) is 12.1 Å². The Bertz CT molecular complexity index is 729. The topological polar surface area (TPSA) is 59.1 Å². The van der Waals surface area contributed by atoms with Crippen LogP contribution in [-0.4, -0.2) is 19.7 Å². The van der Waals surface area contributed by atoms with E-state index in [4.69, 9.17) is 6.42 Å². The first kappa shape index (κ1) is 13.1. The van der Waals surface area contributed by atoms with Crippen LogP contribution in [0.2, 0.25) is 0 Å². The fourth-order valence-electron chi connectivity index (χ4n) is 1.48. The van der Waals surface area contributed by atoms with Crippen LogP contribution in [0.25, 0.3) is 11.1 Å². The first-order chi connectivity index (χ1) is 8.99. The summed E-state index contributed by atoms with van der Waals surface area (Å²) < 4.78 is 24.0. The number of rotatable bonds is 2. The molecular formula is C14H12N2O2S. The van der Waals surface area contributed by atoms with Gasteiger partial charge in [0.1, 0.15) is 5.69 Å². The normalized spacial score (nSPS) is 10.7. The van der Waals surface area contributed by atoms with Crippen molar-refractivity contribution in [3.63, 3.8) is 0 Å². The average Bonchev–Trinajstić information content (AvgIpc) is 2.96. The Balaban J connectivity index is 0.000000180. The predicted octanol–water partition coefficient (Wildman–Crippen LogP) is 2.10. The lowest BCUT2D eigenvalue weighted by molar-refractivity contribution is 0.607. The molecule has 0 aliphatic heterocycles. The summed E-state index contributed by atoms with van der Waals surface area (Å²) in [5.74, 6) is 2.28. The summed E-state index contributed by atoms with van der Waals surface area (Å²) in [7, 11) is -3.30. The monoisotopic (exact) mass is 272 g/mol. The van der Waals surface area contributed by atoms with E-state index in [0.717, 1.165) is 6.26 Å². The SMILES string of the molecule is C#Cc1ncccc1NS(C)(=O)=O.c1cc2cc-2c1. The van der Waals surface area contributed by atoms with E-state index in [1.807, 2.05) is 0 Å². The molecule has 4 nitrogen and oxygen atoms in total. The van der Waals surface area contributed by atoms with E-state index >= 15 is 0 Å². The average molecular weight is 272 g/mol. The molecule has 3 rings (SSSR count). The number of hydrogen-bond donors (Lipinski definition) is 1. The maximum Gasteiger partial charge on any atom is 0.229 e. The van der Waals surface area contributed by atoms with Crippen molar-refractivity contribution in [1.29, 1.82) is 0 Å². The van der Waals surface area contributed by atoms with Crippen LogP contribution in [0.5, 0.6) is 0 Å². The highest BCUT2D eigenvalue weighted by atomic mass is 32.2. The van der Waals surface area contributed by atoms with Crippen LogP contribution in [-0.2, 0) is 10.0 Å². The summed E-state index contributed by atoms with van der Waals surface area (Å²) in [6.45, 7) is 0.